The minimum absolute atomic E-state index is 0.0389. The number of likely N-dealkylation sites (N-methyl/N-ethyl adjacent to an activating group) is 1. The van der Waals surface area contributed by atoms with E-state index in [0.717, 1.165) is 0 Å². The first-order valence-electron chi connectivity index (χ1n) is 8.97. The molecule has 0 unspecified atom stereocenters. The van der Waals surface area contributed by atoms with Gasteiger partial charge in [-0.3, -0.25) is 14.4 Å². The van der Waals surface area contributed by atoms with Crippen LogP contribution in [0.4, 0.5) is 0 Å². The van der Waals surface area contributed by atoms with Crippen LogP contribution in [-0.4, -0.2) is 42.8 Å². The SMILES string of the molecule is CCNC(=O)[C@H](C)NC(=O)COC(=O)c1ccccc1C(=O)c1ccc(Cl)cc1. The fourth-order valence-corrected chi connectivity index (χ4v) is 2.63. The molecule has 0 radical (unpaired) electrons. The van der Waals surface area contributed by atoms with Crippen LogP contribution in [0.1, 0.15) is 40.1 Å². The average Bonchev–Trinajstić information content (AvgIpc) is 2.72. The normalized spacial score (nSPS) is 11.3. The lowest BCUT2D eigenvalue weighted by Crippen LogP contribution is -2.46. The third-order valence-electron chi connectivity index (χ3n) is 3.95. The van der Waals surface area contributed by atoms with Gasteiger partial charge in [0.05, 0.1) is 5.56 Å². The number of ketones is 1. The summed E-state index contributed by atoms with van der Waals surface area (Å²) < 4.78 is 5.02. The number of rotatable bonds is 8. The molecule has 7 nitrogen and oxygen atoms in total. The van der Waals surface area contributed by atoms with Crippen LogP contribution in [0.2, 0.25) is 5.02 Å². The summed E-state index contributed by atoms with van der Waals surface area (Å²) >= 11 is 5.84. The first-order valence-corrected chi connectivity index (χ1v) is 9.34. The molecule has 0 bridgehead atoms. The van der Waals surface area contributed by atoms with Crippen molar-refractivity contribution in [2.45, 2.75) is 19.9 Å². The molecular weight excluding hydrogens is 396 g/mol. The third kappa shape index (κ3) is 6.15. The largest absolute Gasteiger partial charge is 0.452 e. The van der Waals surface area contributed by atoms with Gasteiger partial charge in [0.25, 0.3) is 5.91 Å². The molecule has 0 aromatic heterocycles. The number of carbonyl (C=O) groups is 4. The fraction of sp³-hybridized carbons (Fsp3) is 0.238. The fourth-order valence-electron chi connectivity index (χ4n) is 2.50. The molecule has 0 heterocycles. The maximum atomic E-state index is 12.7. The smallest absolute Gasteiger partial charge is 0.339 e. The quantitative estimate of drug-likeness (QED) is 0.508. The number of ether oxygens (including phenoxy) is 1. The van der Waals surface area contributed by atoms with E-state index in [9.17, 15) is 19.2 Å². The summed E-state index contributed by atoms with van der Waals surface area (Å²) in [6.45, 7) is 3.14. The van der Waals surface area contributed by atoms with E-state index in [4.69, 9.17) is 16.3 Å². The maximum absolute atomic E-state index is 12.7. The second-order valence-electron chi connectivity index (χ2n) is 6.14. The molecular formula is C21H21ClN2O5. The Morgan fingerprint density at radius 1 is 1.00 bits per heavy atom. The number of carbonyl (C=O) groups excluding carboxylic acids is 4. The van der Waals surface area contributed by atoms with Crippen LogP contribution >= 0.6 is 11.6 Å². The molecule has 0 aliphatic carbocycles. The zero-order chi connectivity index (χ0) is 21.4. The summed E-state index contributed by atoms with van der Waals surface area (Å²) in [4.78, 5) is 48.7. The van der Waals surface area contributed by atoms with Crippen molar-refractivity contribution < 1.29 is 23.9 Å². The van der Waals surface area contributed by atoms with E-state index in [0.29, 0.717) is 17.1 Å². The first kappa shape index (κ1) is 22.1. The van der Waals surface area contributed by atoms with Gasteiger partial charge in [-0.2, -0.15) is 0 Å². The van der Waals surface area contributed by atoms with Crippen LogP contribution in [0.15, 0.2) is 48.5 Å². The molecule has 0 spiro atoms. The van der Waals surface area contributed by atoms with E-state index in [1.165, 1.54) is 19.1 Å². The van der Waals surface area contributed by atoms with Crippen LogP contribution in [0.3, 0.4) is 0 Å². The molecule has 0 aliphatic heterocycles. The molecule has 0 saturated carbocycles. The lowest BCUT2D eigenvalue weighted by Gasteiger charge is -2.14. The van der Waals surface area contributed by atoms with Gasteiger partial charge in [0, 0.05) is 22.7 Å². The summed E-state index contributed by atoms with van der Waals surface area (Å²) in [5.74, 6) is -2.16. The third-order valence-corrected chi connectivity index (χ3v) is 4.21. The van der Waals surface area contributed by atoms with Gasteiger partial charge in [-0.1, -0.05) is 29.8 Å². The standard InChI is InChI=1S/C21H21ClN2O5/c1-3-23-20(27)13(2)24-18(25)12-29-21(28)17-7-5-4-6-16(17)19(26)14-8-10-15(22)11-9-14/h4-11,13H,3,12H2,1-2H3,(H,23,27)(H,24,25)/t13-/m0/s1. The molecule has 2 N–H and O–H groups in total. The minimum atomic E-state index is -0.816. The van der Waals surface area contributed by atoms with E-state index in [1.54, 1.807) is 43.3 Å². The Morgan fingerprint density at radius 3 is 2.24 bits per heavy atom. The predicted molar refractivity (Wildman–Crippen MR) is 108 cm³/mol. The Balaban J connectivity index is 2.04. The number of hydrogen-bond donors (Lipinski definition) is 2. The second-order valence-corrected chi connectivity index (χ2v) is 6.58. The van der Waals surface area contributed by atoms with Gasteiger partial charge in [0.1, 0.15) is 6.04 Å². The first-order chi connectivity index (χ1) is 13.8. The highest BCUT2D eigenvalue weighted by Crippen LogP contribution is 2.17. The molecule has 8 heteroatoms. The summed E-state index contributed by atoms with van der Waals surface area (Å²) in [5.41, 5.74) is 0.552. The molecule has 2 rings (SSSR count). The highest BCUT2D eigenvalue weighted by atomic mass is 35.5. The summed E-state index contributed by atoms with van der Waals surface area (Å²) in [5, 5.41) is 5.49. The van der Waals surface area contributed by atoms with Crippen LogP contribution in [-0.2, 0) is 14.3 Å². The number of hydrogen-bond acceptors (Lipinski definition) is 5. The van der Waals surface area contributed by atoms with Gasteiger partial charge in [-0.25, -0.2) is 4.79 Å². The van der Waals surface area contributed by atoms with Gasteiger partial charge >= 0.3 is 5.97 Å². The van der Waals surface area contributed by atoms with Gasteiger partial charge in [-0.05, 0) is 44.2 Å². The van der Waals surface area contributed by atoms with Crippen molar-refractivity contribution in [1.82, 2.24) is 10.6 Å². The molecule has 29 heavy (non-hydrogen) atoms. The molecule has 2 amide bonds. The molecule has 0 saturated heterocycles. The summed E-state index contributed by atoms with van der Waals surface area (Å²) in [7, 11) is 0. The predicted octanol–water partition coefficient (Wildman–Crippen LogP) is 2.37. The van der Waals surface area contributed by atoms with Crippen molar-refractivity contribution in [2.24, 2.45) is 0 Å². The van der Waals surface area contributed by atoms with E-state index in [-0.39, 0.29) is 22.8 Å². The molecule has 152 valence electrons. The van der Waals surface area contributed by atoms with Crippen LogP contribution in [0.25, 0.3) is 0 Å². The van der Waals surface area contributed by atoms with Crippen molar-refractivity contribution in [3.8, 4) is 0 Å². The number of nitrogens with one attached hydrogen (secondary N) is 2. The highest BCUT2D eigenvalue weighted by Gasteiger charge is 2.21. The Labute approximate surface area is 173 Å². The van der Waals surface area contributed by atoms with E-state index < -0.39 is 24.5 Å². The van der Waals surface area contributed by atoms with Gasteiger partial charge < -0.3 is 15.4 Å². The zero-order valence-electron chi connectivity index (χ0n) is 16.0. The monoisotopic (exact) mass is 416 g/mol. The van der Waals surface area contributed by atoms with E-state index >= 15 is 0 Å². The van der Waals surface area contributed by atoms with Crippen molar-refractivity contribution in [3.63, 3.8) is 0 Å². The van der Waals surface area contributed by atoms with Gasteiger partial charge in [0.2, 0.25) is 5.91 Å². The van der Waals surface area contributed by atoms with Gasteiger partial charge in [-0.15, -0.1) is 0 Å². The molecule has 0 aliphatic rings. The summed E-state index contributed by atoms with van der Waals surface area (Å²) in [6, 6.07) is 11.7. The van der Waals surface area contributed by atoms with Crippen molar-refractivity contribution in [1.29, 1.82) is 0 Å². The molecule has 2 aromatic rings. The topological polar surface area (TPSA) is 102 Å². The lowest BCUT2D eigenvalue weighted by molar-refractivity contribution is -0.130. The van der Waals surface area contributed by atoms with Crippen LogP contribution in [0.5, 0.6) is 0 Å². The van der Waals surface area contributed by atoms with E-state index in [1.807, 2.05) is 0 Å². The number of benzene rings is 2. The minimum Gasteiger partial charge on any atom is -0.452 e. The van der Waals surface area contributed by atoms with Crippen molar-refractivity contribution in [2.75, 3.05) is 13.2 Å². The molecule has 0 fully saturated rings. The second kappa shape index (κ2) is 10.4. The zero-order valence-corrected chi connectivity index (χ0v) is 16.8. The Hall–Kier alpha value is -3.19. The average molecular weight is 417 g/mol. The Bertz CT molecular complexity index is 912. The maximum Gasteiger partial charge on any atom is 0.339 e. The van der Waals surface area contributed by atoms with E-state index in [2.05, 4.69) is 10.6 Å². The molecule has 2 aromatic carbocycles. The van der Waals surface area contributed by atoms with Crippen molar-refractivity contribution >= 4 is 35.2 Å². The van der Waals surface area contributed by atoms with Crippen LogP contribution in [0, 0.1) is 0 Å². The Morgan fingerprint density at radius 2 is 1.62 bits per heavy atom. The van der Waals surface area contributed by atoms with Crippen molar-refractivity contribution in [3.05, 3.63) is 70.2 Å². The summed E-state index contributed by atoms with van der Waals surface area (Å²) in [6.07, 6.45) is 0. The van der Waals surface area contributed by atoms with Crippen LogP contribution < -0.4 is 10.6 Å². The Kier molecular flexibility index (Phi) is 7.91. The lowest BCUT2D eigenvalue weighted by atomic mass is 9.98. The molecule has 1 atom stereocenters. The number of halogens is 1. The number of esters is 1. The number of amides is 2. The van der Waals surface area contributed by atoms with Gasteiger partial charge in [0.15, 0.2) is 12.4 Å². The highest BCUT2D eigenvalue weighted by molar-refractivity contribution is 6.30.